The number of aliphatic hydroxyl groups is 1. The second-order valence-electron chi connectivity index (χ2n) is 6.83. The van der Waals surface area contributed by atoms with E-state index in [2.05, 4.69) is 10.4 Å². The highest BCUT2D eigenvalue weighted by Crippen LogP contribution is 2.29. The van der Waals surface area contributed by atoms with Crippen LogP contribution < -0.4 is 5.32 Å². The number of urea groups is 1. The topological polar surface area (TPSA) is 70.4 Å². The molecule has 1 saturated carbocycles. The molecule has 0 radical (unpaired) electrons. The summed E-state index contributed by atoms with van der Waals surface area (Å²) < 4.78 is 1.71. The van der Waals surface area contributed by atoms with Gasteiger partial charge in [0.05, 0.1) is 5.69 Å². The molecule has 2 N–H and O–H groups in total. The Morgan fingerprint density at radius 3 is 2.60 bits per heavy atom. The molecule has 0 unspecified atom stereocenters. The van der Waals surface area contributed by atoms with E-state index < -0.39 is 0 Å². The van der Waals surface area contributed by atoms with Crippen LogP contribution in [-0.2, 0) is 7.05 Å². The van der Waals surface area contributed by atoms with Crippen molar-refractivity contribution >= 4 is 11.7 Å². The highest BCUT2D eigenvalue weighted by molar-refractivity contribution is 5.93. The Bertz CT molecular complexity index is 705. The van der Waals surface area contributed by atoms with Crippen molar-refractivity contribution < 1.29 is 9.90 Å². The van der Waals surface area contributed by atoms with Crippen LogP contribution in [0.3, 0.4) is 0 Å². The van der Waals surface area contributed by atoms with Gasteiger partial charge in [-0.15, -0.1) is 0 Å². The quantitative estimate of drug-likeness (QED) is 0.897. The molecule has 0 aliphatic heterocycles. The maximum absolute atomic E-state index is 12.7. The average Bonchev–Trinajstić information content (AvgIpc) is 3.02. The number of hydrogen-bond acceptors (Lipinski definition) is 3. The summed E-state index contributed by atoms with van der Waals surface area (Å²) in [6, 6.07) is 9.96. The van der Waals surface area contributed by atoms with Crippen LogP contribution in [0.25, 0.3) is 11.3 Å². The Morgan fingerprint density at radius 1 is 1.28 bits per heavy atom. The summed E-state index contributed by atoms with van der Waals surface area (Å²) in [5.74, 6) is 0.385. The molecule has 1 aliphatic rings. The molecule has 1 aromatic carbocycles. The number of carbonyl (C=O) groups is 1. The number of amides is 2. The van der Waals surface area contributed by atoms with Crippen molar-refractivity contribution in [1.29, 1.82) is 0 Å². The number of aryl methyl sites for hydroxylation is 1. The Kier molecular flexibility index (Phi) is 5.38. The number of aromatic nitrogens is 2. The van der Waals surface area contributed by atoms with Gasteiger partial charge in [0, 0.05) is 38.5 Å². The lowest BCUT2D eigenvalue weighted by atomic mass is 9.86. The van der Waals surface area contributed by atoms with Gasteiger partial charge in [-0.1, -0.05) is 30.3 Å². The summed E-state index contributed by atoms with van der Waals surface area (Å²) in [6.07, 6.45) is 5.65. The van der Waals surface area contributed by atoms with Gasteiger partial charge in [-0.3, -0.25) is 4.68 Å². The SMILES string of the molecule is CN(C(=O)Nc1cn(C)nc1-c1ccccc1)C1CCC(CO)CC1. The second-order valence-corrected chi connectivity index (χ2v) is 6.83. The fraction of sp³-hybridized carbons (Fsp3) is 0.474. The van der Waals surface area contributed by atoms with Crippen molar-refractivity contribution in [1.82, 2.24) is 14.7 Å². The van der Waals surface area contributed by atoms with Gasteiger partial charge in [-0.25, -0.2) is 4.79 Å². The smallest absolute Gasteiger partial charge is 0.321 e. The van der Waals surface area contributed by atoms with Gasteiger partial charge in [0.1, 0.15) is 5.69 Å². The monoisotopic (exact) mass is 342 g/mol. The predicted octanol–water partition coefficient (Wildman–Crippen LogP) is 3.10. The molecular weight excluding hydrogens is 316 g/mol. The van der Waals surface area contributed by atoms with Gasteiger partial charge >= 0.3 is 6.03 Å². The van der Waals surface area contributed by atoms with Gasteiger partial charge in [0.25, 0.3) is 0 Å². The Hall–Kier alpha value is -2.34. The number of rotatable bonds is 4. The number of nitrogens with one attached hydrogen (secondary N) is 1. The van der Waals surface area contributed by atoms with Gasteiger partial charge < -0.3 is 15.3 Å². The molecule has 0 atom stereocenters. The van der Waals surface area contributed by atoms with E-state index in [-0.39, 0.29) is 18.7 Å². The number of nitrogens with zero attached hydrogens (tertiary/aromatic N) is 3. The van der Waals surface area contributed by atoms with Crippen molar-refractivity contribution in [2.45, 2.75) is 31.7 Å². The lowest BCUT2D eigenvalue weighted by Crippen LogP contribution is -2.42. The van der Waals surface area contributed by atoms with Crippen LogP contribution in [-0.4, -0.2) is 45.5 Å². The molecule has 2 aromatic rings. The van der Waals surface area contributed by atoms with Crippen molar-refractivity contribution in [3.8, 4) is 11.3 Å². The first-order chi connectivity index (χ1) is 12.1. The van der Waals surface area contributed by atoms with Crippen LogP contribution in [0, 0.1) is 5.92 Å². The zero-order valence-corrected chi connectivity index (χ0v) is 14.9. The molecule has 1 aliphatic carbocycles. The van der Waals surface area contributed by atoms with Crippen molar-refractivity contribution in [2.75, 3.05) is 19.0 Å². The fourth-order valence-corrected chi connectivity index (χ4v) is 3.47. The van der Waals surface area contributed by atoms with E-state index in [1.54, 1.807) is 9.58 Å². The van der Waals surface area contributed by atoms with Crippen LogP contribution in [0.15, 0.2) is 36.5 Å². The number of hydrogen-bond donors (Lipinski definition) is 2. The van der Waals surface area contributed by atoms with Crippen LogP contribution in [0.1, 0.15) is 25.7 Å². The maximum Gasteiger partial charge on any atom is 0.321 e. The average molecular weight is 342 g/mol. The summed E-state index contributed by atoms with van der Waals surface area (Å²) in [7, 11) is 3.69. The minimum atomic E-state index is -0.113. The van der Waals surface area contributed by atoms with E-state index in [9.17, 15) is 9.90 Å². The molecule has 134 valence electrons. The molecule has 0 bridgehead atoms. The van der Waals surface area contributed by atoms with E-state index in [0.29, 0.717) is 5.92 Å². The summed E-state index contributed by atoms with van der Waals surface area (Å²) in [5.41, 5.74) is 2.47. The first-order valence-corrected chi connectivity index (χ1v) is 8.82. The van der Waals surface area contributed by atoms with E-state index in [4.69, 9.17) is 0 Å². The number of aliphatic hydroxyl groups excluding tert-OH is 1. The third kappa shape index (κ3) is 4.02. The molecule has 0 saturated heterocycles. The number of anilines is 1. The maximum atomic E-state index is 12.7. The van der Waals surface area contributed by atoms with Gasteiger partial charge in [0.2, 0.25) is 0 Å². The lowest BCUT2D eigenvalue weighted by Gasteiger charge is -2.34. The predicted molar refractivity (Wildman–Crippen MR) is 98.3 cm³/mol. The standard InChI is InChI=1S/C19H26N4O2/c1-22-12-17(18(21-22)15-6-4-3-5-7-15)20-19(25)23(2)16-10-8-14(13-24)9-11-16/h3-7,12,14,16,24H,8-11,13H2,1-2H3,(H,20,25). The van der Waals surface area contributed by atoms with Gasteiger partial charge in [-0.2, -0.15) is 5.10 Å². The zero-order chi connectivity index (χ0) is 17.8. The van der Waals surface area contributed by atoms with Crippen molar-refractivity contribution in [3.05, 3.63) is 36.5 Å². The summed E-state index contributed by atoms with van der Waals surface area (Å²) in [5, 5.41) is 16.7. The van der Waals surface area contributed by atoms with Crippen LogP contribution in [0.4, 0.5) is 10.5 Å². The largest absolute Gasteiger partial charge is 0.396 e. The summed E-state index contributed by atoms with van der Waals surface area (Å²) in [6.45, 7) is 0.249. The van der Waals surface area contributed by atoms with Gasteiger partial charge in [-0.05, 0) is 31.6 Å². The Balaban J connectivity index is 1.69. The normalized spacial score (nSPS) is 20.3. The molecule has 25 heavy (non-hydrogen) atoms. The Labute approximate surface area is 148 Å². The molecule has 2 amide bonds. The summed E-state index contributed by atoms with van der Waals surface area (Å²) >= 11 is 0. The molecular formula is C19H26N4O2. The lowest BCUT2D eigenvalue weighted by molar-refractivity contribution is 0.139. The molecule has 1 heterocycles. The van der Waals surface area contributed by atoms with Crippen LogP contribution >= 0.6 is 0 Å². The van der Waals surface area contributed by atoms with Gasteiger partial charge in [0.15, 0.2) is 0 Å². The number of benzene rings is 1. The first-order valence-electron chi connectivity index (χ1n) is 8.82. The fourth-order valence-electron chi connectivity index (χ4n) is 3.47. The van der Waals surface area contributed by atoms with E-state index in [0.717, 1.165) is 42.6 Å². The highest BCUT2D eigenvalue weighted by atomic mass is 16.3. The van der Waals surface area contributed by atoms with Crippen molar-refractivity contribution in [2.24, 2.45) is 13.0 Å². The summed E-state index contributed by atoms with van der Waals surface area (Å²) in [4.78, 5) is 14.5. The minimum absolute atomic E-state index is 0.113. The first kappa shape index (κ1) is 17.5. The van der Waals surface area contributed by atoms with Crippen molar-refractivity contribution in [3.63, 3.8) is 0 Å². The third-order valence-electron chi connectivity index (χ3n) is 5.06. The highest BCUT2D eigenvalue weighted by Gasteiger charge is 2.27. The zero-order valence-electron chi connectivity index (χ0n) is 14.9. The molecule has 6 heteroatoms. The van der Waals surface area contributed by atoms with E-state index in [1.165, 1.54) is 0 Å². The van der Waals surface area contributed by atoms with Crippen LogP contribution in [0.5, 0.6) is 0 Å². The second kappa shape index (κ2) is 7.70. The molecule has 1 fully saturated rings. The van der Waals surface area contributed by atoms with E-state index >= 15 is 0 Å². The van der Waals surface area contributed by atoms with Crippen LogP contribution in [0.2, 0.25) is 0 Å². The minimum Gasteiger partial charge on any atom is -0.396 e. The number of carbonyl (C=O) groups excluding carboxylic acids is 1. The molecule has 1 aromatic heterocycles. The third-order valence-corrected chi connectivity index (χ3v) is 5.06. The molecule has 0 spiro atoms. The van der Waals surface area contributed by atoms with E-state index in [1.807, 2.05) is 50.6 Å². The molecule has 6 nitrogen and oxygen atoms in total. The Morgan fingerprint density at radius 2 is 1.96 bits per heavy atom. The molecule has 3 rings (SSSR count).